The number of methoxy groups -OCH3 is 3. The first-order valence-corrected chi connectivity index (χ1v) is 5.65. The van der Waals surface area contributed by atoms with Crippen molar-refractivity contribution in [2.75, 3.05) is 21.3 Å². The molecule has 1 unspecified atom stereocenters. The van der Waals surface area contributed by atoms with Gasteiger partial charge in [-0.15, -0.1) is 0 Å². The molecule has 0 saturated heterocycles. The van der Waals surface area contributed by atoms with E-state index in [1.807, 2.05) is 18.2 Å². The first kappa shape index (κ1) is 14.3. The second-order valence-electron chi connectivity index (χ2n) is 3.78. The molecule has 18 heavy (non-hydrogen) atoms. The van der Waals surface area contributed by atoms with Crippen LogP contribution in [0.5, 0.6) is 11.5 Å². The van der Waals surface area contributed by atoms with Gasteiger partial charge in [0.05, 0.1) is 21.3 Å². The number of benzene rings is 1. The fourth-order valence-electron chi connectivity index (χ4n) is 1.62. The van der Waals surface area contributed by atoms with Crippen molar-refractivity contribution in [3.05, 3.63) is 23.8 Å². The van der Waals surface area contributed by atoms with Gasteiger partial charge in [0.25, 0.3) is 0 Å². The summed E-state index contributed by atoms with van der Waals surface area (Å²) < 4.78 is 15.2. The summed E-state index contributed by atoms with van der Waals surface area (Å²) in [6, 6.07) is 5.25. The fraction of sp³-hybridized carbons (Fsp3) is 0.462. The van der Waals surface area contributed by atoms with E-state index in [-0.39, 0.29) is 12.0 Å². The minimum absolute atomic E-state index is 0.295. The van der Waals surface area contributed by atoms with Crippen molar-refractivity contribution in [3.63, 3.8) is 0 Å². The van der Waals surface area contributed by atoms with E-state index in [1.54, 1.807) is 21.1 Å². The molecule has 5 nitrogen and oxygen atoms in total. The Morgan fingerprint density at radius 2 is 2.00 bits per heavy atom. The largest absolute Gasteiger partial charge is 0.493 e. The average molecular weight is 253 g/mol. The number of ether oxygens (including phenoxy) is 3. The summed E-state index contributed by atoms with van der Waals surface area (Å²) >= 11 is 0. The van der Waals surface area contributed by atoms with E-state index < -0.39 is 0 Å². The van der Waals surface area contributed by atoms with E-state index in [4.69, 9.17) is 9.47 Å². The third kappa shape index (κ3) is 3.37. The van der Waals surface area contributed by atoms with Crippen LogP contribution in [-0.4, -0.2) is 33.3 Å². The molecule has 5 heteroatoms. The van der Waals surface area contributed by atoms with Gasteiger partial charge in [-0.25, -0.2) is 0 Å². The van der Waals surface area contributed by atoms with Crippen molar-refractivity contribution in [2.24, 2.45) is 0 Å². The molecular formula is C13H19NO4. The van der Waals surface area contributed by atoms with Gasteiger partial charge in [-0.1, -0.05) is 12.1 Å². The summed E-state index contributed by atoms with van der Waals surface area (Å²) in [4.78, 5) is 11.3. The molecule has 0 aromatic heterocycles. The summed E-state index contributed by atoms with van der Waals surface area (Å²) in [7, 11) is 4.55. The highest BCUT2D eigenvalue weighted by Gasteiger charge is 2.14. The molecule has 1 aromatic carbocycles. The summed E-state index contributed by atoms with van der Waals surface area (Å²) in [6.07, 6.45) is 0. The number of rotatable bonds is 6. The Hall–Kier alpha value is -1.75. The van der Waals surface area contributed by atoms with Crippen LogP contribution in [0.4, 0.5) is 0 Å². The van der Waals surface area contributed by atoms with Gasteiger partial charge < -0.3 is 19.5 Å². The van der Waals surface area contributed by atoms with Crippen LogP contribution in [0, 0.1) is 0 Å². The highest BCUT2D eigenvalue weighted by atomic mass is 16.5. The van der Waals surface area contributed by atoms with E-state index >= 15 is 0 Å². The first-order chi connectivity index (χ1) is 8.63. The van der Waals surface area contributed by atoms with Crippen LogP contribution in [0.25, 0.3) is 0 Å². The lowest BCUT2D eigenvalue weighted by atomic mass is 10.1. The highest BCUT2D eigenvalue weighted by molar-refractivity contribution is 5.75. The van der Waals surface area contributed by atoms with Gasteiger partial charge in [0.15, 0.2) is 11.5 Å². The molecule has 0 aliphatic carbocycles. The monoisotopic (exact) mass is 253 g/mol. The van der Waals surface area contributed by atoms with Crippen LogP contribution in [0.3, 0.4) is 0 Å². The highest BCUT2D eigenvalue weighted by Crippen LogP contribution is 2.30. The summed E-state index contributed by atoms with van der Waals surface area (Å²) in [5.74, 6) is 1.05. The van der Waals surface area contributed by atoms with Gasteiger partial charge in [-0.05, 0) is 13.0 Å². The quantitative estimate of drug-likeness (QED) is 0.776. The zero-order valence-electron chi connectivity index (χ0n) is 11.1. The van der Waals surface area contributed by atoms with E-state index in [9.17, 15) is 4.79 Å². The zero-order valence-corrected chi connectivity index (χ0v) is 11.1. The maximum atomic E-state index is 11.3. The average Bonchev–Trinajstić information content (AvgIpc) is 2.42. The number of nitrogens with one attached hydrogen (secondary N) is 1. The Labute approximate surface area is 107 Å². The third-order valence-corrected chi connectivity index (χ3v) is 2.64. The lowest BCUT2D eigenvalue weighted by Crippen LogP contribution is -2.34. The lowest BCUT2D eigenvalue weighted by Gasteiger charge is -2.15. The topological polar surface area (TPSA) is 56.8 Å². The van der Waals surface area contributed by atoms with Crippen LogP contribution in [-0.2, 0) is 16.1 Å². The Balaban J connectivity index is 2.75. The molecular weight excluding hydrogens is 234 g/mol. The normalized spacial score (nSPS) is 11.8. The second-order valence-corrected chi connectivity index (χ2v) is 3.78. The fourth-order valence-corrected chi connectivity index (χ4v) is 1.62. The SMILES string of the molecule is COC(=O)C(C)NCc1cccc(OC)c1OC. The van der Waals surface area contributed by atoms with Crippen LogP contribution in [0.1, 0.15) is 12.5 Å². The number of carbonyl (C=O) groups excluding carboxylic acids is 1. The molecule has 1 aromatic rings. The molecule has 0 heterocycles. The maximum Gasteiger partial charge on any atom is 0.322 e. The van der Waals surface area contributed by atoms with E-state index in [0.29, 0.717) is 18.0 Å². The van der Waals surface area contributed by atoms with Gasteiger partial charge in [-0.3, -0.25) is 4.79 Å². The molecule has 0 radical (unpaired) electrons. The van der Waals surface area contributed by atoms with Gasteiger partial charge in [0, 0.05) is 12.1 Å². The molecule has 0 aliphatic heterocycles. The predicted octanol–water partition coefficient (Wildman–Crippen LogP) is 1.35. The molecule has 0 saturated carbocycles. The minimum atomic E-state index is -0.370. The number of hydrogen-bond donors (Lipinski definition) is 1. The van der Waals surface area contributed by atoms with Gasteiger partial charge in [-0.2, -0.15) is 0 Å². The minimum Gasteiger partial charge on any atom is -0.493 e. The Morgan fingerprint density at radius 1 is 1.28 bits per heavy atom. The van der Waals surface area contributed by atoms with Crippen LogP contribution < -0.4 is 14.8 Å². The summed E-state index contributed by atoms with van der Waals surface area (Å²) in [5, 5.41) is 3.07. The van der Waals surface area contributed by atoms with Gasteiger partial charge in [0.1, 0.15) is 6.04 Å². The predicted molar refractivity (Wildman–Crippen MR) is 67.9 cm³/mol. The molecule has 0 spiro atoms. The zero-order chi connectivity index (χ0) is 13.5. The number of para-hydroxylation sites is 1. The third-order valence-electron chi connectivity index (χ3n) is 2.64. The number of hydrogen-bond acceptors (Lipinski definition) is 5. The van der Waals surface area contributed by atoms with Crippen molar-refractivity contribution in [1.29, 1.82) is 0 Å². The lowest BCUT2D eigenvalue weighted by molar-refractivity contribution is -0.142. The molecule has 0 fully saturated rings. The van der Waals surface area contributed by atoms with Gasteiger partial charge >= 0.3 is 5.97 Å². The number of carbonyl (C=O) groups is 1. The Morgan fingerprint density at radius 3 is 2.56 bits per heavy atom. The second kappa shape index (κ2) is 6.86. The molecule has 1 rings (SSSR count). The van der Waals surface area contributed by atoms with E-state index in [0.717, 1.165) is 5.56 Å². The van der Waals surface area contributed by atoms with E-state index in [2.05, 4.69) is 10.1 Å². The Bertz CT molecular complexity index is 406. The number of esters is 1. The van der Waals surface area contributed by atoms with Gasteiger partial charge in [0.2, 0.25) is 0 Å². The summed E-state index contributed by atoms with van der Waals surface area (Å²) in [6.45, 7) is 2.25. The van der Waals surface area contributed by atoms with Crippen LogP contribution >= 0.6 is 0 Å². The van der Waals surface area contributed by atoms with E-state index in [1.165, 1.54) is 7.11 Å². The van der Waals surface area contributed by atoms with Crippen molar-refractivity contribution in [2.45, 2.75) is 19.5 Å². The van der Waals surface area contributed by atoms with Crippen molar-refractivity contribution >= 4 is 5.97 Å². The molecule has 0 bridgehead atoms. The van der Waals surface area contributed by atoms with Crippen LogP contribution in [0.15, 0.2) is 18.2 Å². The molecule has 1 atom stereocenters. The van der Waals surface area contributed by atoms with Crippen molar-refractivity contribution in [1.82, 2.24) is 5.32 Å². The molecule has 0 aliphatic rings. The maximum absolute atomic E-state index is 11.3. The molecule has 1 N–H and O–H groups in total. The molecule has 100 valence electrons. The van der Waals surface area contributed by atoms with Crippen molar-refractivity contribution in [3.8, 4) is 11.5 Å². The van der Waals surface area contributed by atoms with Crippen molar-refractivity contribution < 1.29 is 19.0 Å². The molecule has 0 amide bonds. The smallest absolute Gasteiger partial charge is 0.322 e. The standard InChI is InChI=1S/C13H19NO4/c1-9(13(15)18-4)14-8-10-6-5-7-11(16-2)12(10)17-3/h5-7,9,14H,8H2,1-4H3. The van der Waals surface area contributed by atoms with Crippen LogP contribution in [0.2, 0.25) is 0 Å². The first-order valence-electron chi connectivity index (χ1n) is 5.65. The summed E-state index contributed by atoms with van der Waals surface area (Å²) in [5.41, 5.74) is 0.924. The Kier molecular flexibility index (Phi) is 5.45.